The number of benzene rings is 1. The van der Waals surface area contributed by atoms with Crippen molar-refractivity contribution in [2.75, 3.05) is 20.3 Å². The summed E-state index contributed by atoms with van der Waals surface area (Å²) in [6.45, 7) is 4.10. The van der Waals surface area contributed by atoms with Gasteiger partial charge < -0.3 is 10.1 Å². The maximum Gasteiger partial charge on any atom is 0.123 e. The average Bonchev–Trinajstić information content (AvgIpc) is 3.27. The summed E-state index contributed by atoms with van der Waals surface area (Å²) in [5, 5.41) is 3.72. The molecule has 1 atom stereocenters. The van der Waals surface area contributed by atoms with E-state index in [1.54, 1.807) is 19.2 Å². The van der Waals surface area contributed by atoms with Crippen LogP contribution < -0.4 is 5.32 Å². The van der Waals surface area contributed by atoms with Crippen LogP contribution in [0.25, 0.3) is 0 Å². The molecule has 1 aliphatic rings. The Morgan fingerprint density at radius 1 is 1.29 bits per heavy atom. The van der Waals surface area contributed by atoms with Crippen LogP contribution in [0.15, 0.2) is 24.3 Å². The second-order valence-corrected chi connectivity index (χ2v) is 6.37. The van der Waals surface area contributed by atoms with Crippen LogP contribution in [0.5, 0.6) is 0 Å². The summed E-state index contributed by atoms with van der Waals surface area (Å²) in [4.78, 5) is 0. The number of methoxy groups -OCH3 is 1. The molecular formula is C18H28FNO. The SMILES string of the molecule is CCCCC(NCC1(CCOC)CC1)c1ccc(F)cc1. The fraction of sp³-hybridized carbons (Fsp3) is 0.667. The molecule has 1 aliphatic carbocycles. The van der Waals surface area contributed by atoms with Gasteiger partial charge in [0, 0.05) is 26.3 Å². The molecule has 0 heterocycles. The van der Waals surface area contributed by atoms with E-state index < -0.39 is 0 Å². The minimum atomic E-state index is -0.160. The minimum absolute atomic E-state index is 0.160. The first-order chi connectivity index (χ1) is 10.2. The lowest BCUT2D eigenvalue weighted by molar-refractivity contribution is 0.170. The second kappa shape index (κ2) is 7.90. The summed E-state index contributed by atoms with van der Waals surface area (Å²) in [6.07, 6.45) is 7.23. The van der Waals surface area contributed by atoms with Crippen molar-refractivity contribution >= 4 is 0 Å². The minimum Gasteiger partial charge on any atom is -0.385 e. The number of unbranched alkanes of at least 4 members (excludes halogenated alkanes) is 1. The third-order valence-corrected chi connectivity index (χ3v) is 4.64. The van der Waals surface area contributed by atoms with Crippen molar-refractivity contribution in [2.24, 2.45) is 5.41 Å². The van der Waals surface area contributed by atoms with Crippen molar-refractivity contribution in [3.63, 3.8) is 0 Å². The molecule has 1 aromatic carbocycles. The molecule has 2 rings (SSSR count). The average molecular weight is 293 g/mol. The fourth-order valence-corrected chi connectivity index (χ4v) is 2.84. The Balaban J connectivity index is 1.92. The van der Waals surface area contributed by atoms with Gasteiger partial charge in [-0.2, -0.15) is 0 Å². The second-order valence-electron chi connectivity index (χ2n) is 6.37. The van der Waals surface area contributed by atoms with Gasteiger partial charge in [0.25, 0.3) is 0 Å². The van der Waals surface area contributed by atoms with Gasteiger partial charge in [-0.05, 0) is 48.8 Å². The van der Waals surface area contributed by atoms with Crippen molar-refractivity contribution in [3.05, 3.63) is 35.6 Å². The molecule has 2 nitrogen and oxygen atoms in total. The molecule has 1 unspecified atom stereocenters. The van der Waals surface area contributed by atoms with Crippen LogP contribution in [0.3, 0.4) is 0 Å². The molecule has 118 valence electrons. The molecule has 1 N–H and O–H groups in total. The summed E-state index contributed by atoms with van der Waals surface area (Å²) < 4.78 is 18.3. The third kappa shape index (κ3) is 5.08. The van der Waals surface area contributed by atoms with Crippen LogP contribution in [0, 0.1) is 11.2 Å². The van der Waals surface area contributed by atoms with Gasteiger partial charge in [-0.25, -0.2) is 4.39 Å². The molecule has 1 saturated carbocycles. The zero-order valence-electron chi connectivity index (χ0n) is 13.3. The van der Waals surface area contributed by atoms with Gasteiger partial charge in [0.1, 0.15) is 5.82 Å². The van der Waals surface area contributed by atoms with E-state index in [-0.39, 0.29) is 5.82 Å². The molecule has 0 aliphatic heterocycles. The van der Waals surface area contributed by atoms with Crippen LogP contribution in [-0.2, 0) is 4.74 Å². The summed E-state index contributed by atoms with van der Waals surface area (Å²) in [7, 11) is 1.77. The maximum absolute atomic E-state index is 13.1. The number of hydrogen-bond donors (Lipinski definition) is 1. The lowest BCUT2D eigenvalue weighted by Crippen LogP contribution is -2.29. The van der Waals surface area contributed by atoms with Gasteiger partial charge in [0.2, 0.25) is 0 Å². The zero-order chi connectivity index (χ0) is 15.1. The molecule has 1 fully saturated rings. The molecular weight excluding hydrogens is 265 g/mol. The molecule has 0 bridgehead atoms. The Labute approximate surface area is 128 Å². The van der Waals surface area contributed by atoms with Gasteiger partial charge in [0.15, 0.2) is 0 Å². The predicted octanol–water partition coefficient (Wildman–Crippen LogP) is 4.46. The van der Waals surface area contributed by atoms with Gasteiger partial charge in [-0.15, -0.1) is 0 Å². The fourth-order valence-electron chi connectivity index (χ4n) is 2.84. The number of ether oxygens (including phenoxy) is 1. The van der Waals surface area contributed by atoms with Gasteiger partial charge in [-0.3, -0.25) is 0 Å². The Hall–Kier alpha value is -0.930. The highest BCUT2D eigenvalue weighted by Gasteiger charge is 2.41. The smallest absolute Gasteiger partial charge is 0.123 e. The molecule has 21 heavy (non-hydrogen) atoms. The predicted molar refractivity (Wildman–Crippen MR) is 84.8 cm³/mol. The maximum atomic E-state index is 13.1. The number of halogens is 1. The van der Waals surface area contributed by atoms with Gasteiger partial charge >= 0.3 is 0 Å². The van der Waals surface area contributed by atoms with Crippen LogP contribution >= 0.6 is 0 Å². The Bertz CT molecular complexity index is 414. The Kier molecular flexibility index (Phi) is 6.19. The van der Waals surface area contributed by atoms with Crippen LogP contribution in [0.1, 0.15) is 57.1 Å². The van der Waals surface area contributed by atoms with E-state index in [0.717, 1.165) is 26.0 Å². The molecule has 0 amide bonds. The monoisotopic (exact) mass is 293 g/mol. The van der Waals surface area contributed by atoms with E-state index in [4.69, 9.17) is 4.74 Å². The van der Waals surface area contributed by atoms with Gasteiger partial charge in [-0.1, -0.05) is 31.9 Å². The third-order valence-electron chi connectivity index (χ3n) is 4.64. The number of hydrogen-bond acceptors (Lipinski definition) is 2. The summed E-state index contributed by atoms with van der Waals surface area (Å²) in [6, 6.07) is 7.29. The topological polar surface area (TPSA) is 21.3 Å². The van der Waals surface area contributed by atoms with E-state index in [1.165, 1.54) is 31.2 Å². The van der Waals surface area contributed by atoms with Gasteiger partial charge in [0.05, 0.1) is 0 Å². The Morgan fingerprint density at radius 3 is 2.57 bits per heavy atom. The first-order valence-corrected chi connectivity index (χ1v) is 8.17. The molecule has 3 heteroatoms. The molecule has 1 aromatic rings. The van der Waals surface area contributed by atoms with Crippen molar-refractivity contribution in [1.82, 2.24) is 5.32 Å². The van der Waals surface area contributed by atoms with Crippen LogP contribution in [0.4, 0.5) is 4.39 Å². The van der Waals surface area contributed by atoms with E-state index in [1.807, 2.05) is 12.1 Å². The highest BCUT2D eigenvalue weighted by molar-refractivity contribution is 5.20. The Morgan fingerprint density at radius 2 is 2.00 bits per heavy atom. The number of rotatable bonds is 10. The molecule has 0 saturated heterocycles. The van der Waals surface area contributed by atoms with Crippen molar-refractivity contribution in [1.29, 1.82) is 0 Å². The van der Waals surface area contributed by atoms with Crippen LogP contribution in [0.2, 0.25) is 0 Å². The standard InChI is InChI=1S/C18H28FNO/c1-3-4-5-17(15-6-8-16(19)9-7-15)20-14-18(10-11-18)12-13-21-2/h6-9,17,20H,3-5,10-14H2,1-2H3. The molecule has 0 spiro atoms. The zero-order valence-corrected chi connectivity index (χ0v) is 13.3. The summed E-state index contributed by atoms with van der Waals surface area (Å²) >= 11 is 0. The van der Waals surface area contributed by atoms with E-state index in [9.17, 15) is 4.39 Å². The molecule has 0 aromatic heterocycles. The highest BCUT2D eigenvalue weighted by atomic mass is 19.1. The lowest BCUT2D eigenvalue weighted by Gasteiger charge is -2.23. The van der Waals surface area contributed by atoms with E-state index >= 15 is 0 Å². The lowest BCUT2D eigenvalue weighted by atomic mass is 9.98. The van der Waals surface area contributed by atoms with Crippen molar-refractivity contribution < 1.29 is 9.13 Å². The summed E-state index contributed by atoms with van der Waals surface area (Å²) in [5.41, 5.74) is 1.65. The van der Waals surface area contributed by atoms with E-state index in [0.29, 0.717) is 11.5 Å². The normalized spacial score (nSPS) is 17.7. The quantitative estimate of drug-likeness (QED) is 0.687. The molecule has 0 radical (unpaired) electrons. The largest absolute Gasteiger partial charge is 0.385 e. The van der Waals surface area contributed by atoms with Crippen LogP contribution in [-0.4, -0.2) is 20.3 Å². The van der Waals surface area contributed by atoms with Crippen molar-refractivity contribution in [2.45, 2.75) is 51.5 Å². The first-order valence-electron chi connectivity index (χ1n) is 8.17. The van der Waals surface area contributed by atoms with E-state index in [2.05, 4.69) is 12.2 Å². The number of nitrogens with one attached hydrogen (secondary N) is 1. The first kappa shape index (κ1) is 16.4. The highest BCUT2D eigenvalue weighted by Crippen LogP contribution is 2.48. The summed E-state index contributed by atoms with van der Waals surface area (Å²) in [5.74, 6) is -0.160. The van der Waals surface area contributed by atoms with Crippen molar-refractivity contribution in [3.8, 4) is 0 Å².